The molecule has 29 heavy (non-hydrogen) atoms. The monoisotopic (exact) mass is 518 g/mol. The van der Waals surface area contributed by atoms with Crippen LogP contribution in [0.15, 0.2) is 29.3 Å². The highest BCUT2D eigenvalue weighted by Gasteiger charge is 2.13. The van der Waals surface area contributed by atoms with E-state index >= 15 is 0 Å². The van der Waals surface area contributed by atoms with Crippen molar-refractivity contribution in [2.75, 3.05) is 25.5 Å². The summed E-state index contributed by atoms with van der Waals surface area (Å²) in [6.45, 7) is 12.5. The number of carbonyl (C=O) groups excluding carboxylic acids is 1. The summed E-state index contributed by atoms with van der Waals surface area (Å²) in [4.78, 5) is 16.3. The van der Waals surface area contributed by atoms with E-state index in [0.29, 0.717) is 12.5 Å². The predicted octanol–water partition coefficient (Wildman–Crippen LogP) is 4.41. The summed E-state index contributed by atoms with van der Waals surface area (Å²) in [6.07, 6.45) is 2.01. The highest BCUT2D eigenvalue weighted by Crippen LogP contribution is 2.13. The molecule has 0 fully saturated rings. The van der Waals surface area contributed by atoms with Gasteiger partial charge >= 0.3 is 0 Å². The zero-order valence-corrected chi connectivity index (χ0v) is 21.1. The molecule has 0 aliphatic rings. The number of ether oxygens (including phenoxy) is 1. The fourth-order valence-corrected chi connectivity index (χ4v) is 2.77. The molecule has 0 saturated carbocycles. The molecule has 0 spiro atoms. The molecule has 1 rings (SSSR count). The van der Waals surface area contributed by atoms with Crippen molar-refractivity contribution in [2.24, 2.45) is 16.8 Å². The number of hydrogen-bond donors (Lipinski definition) is 3. The second-order valence-electron chi connectivity index (χ2n) is 7.38. The number of carbonyl (C=O) groups is 1. The minimum absolute atomic E-state index is 0. The molecule has 1 aromatic carbocycles. The summed E-state index contributed by atoms with van der Waals surface area (Å²) < 4.78 is 5.78. The van der Waals surface area contributed by atoms with Crippen LogP contribution in [0.4, 0.5) is 5.69 Å². The van der Waals surface area contributed by atoms with Crippen LogP contribution in [0.2, 0.25) is 0 Å². The Morgan fingerprint density at radius 2 is 1.90 bits per heavy atom. The van der Waals surface area contributed by atoms with Crippen molar-refractivity contribution in [3.8, 4) is 0 Å². The molecule has 1 amide bonds. The summed E-state index contributed by atoms with van der Waals surface area (Å²) in [5.41, 5.74) is 1.91. The Morgan fingerprint density at radius 3 is 2.48 bits per heavy atom. The quantitative estimate of drug-likeness (QED) is 0.231. The zero-order chi connectivity index (χ0) is 20.9. The third kappa shape index (κ3) is 10.8. The number of benzene rings is 1. The molecule has 3 N–H and O–H groups in total. The van der Waals surface area contributed by atoms with Crippen LogP contribution in [0.3, 0.4) is 0 Å². The molecule has 6 nitrogen and oxygen atoms in total. The molecular weight excluding hydrogens is 479 g/mol. The van der Waals surface area contributed by atoms with Crippen LogP contribution in [0.5, 0.6) is 0 Å². The Hall–Kier alpha value is -1.35. The Kier molecular flexibility index (Phi) is 14.8. The number of guanidine groups is 1. The zero-order valence-electron chi connectivity index (χ0n) is 18.7. The fourth-order valence-electron chi connectivity index (χ4n) is 2.77. The Bertz CT molecular complexity index is 623. The van der Waals surface area contributed by atoms with Crippen molar-refractivity contribution < 1.29 is 9.53 Å². The van der Waals surface area contributed by atoms with Gasteiger partial charge in [-0.2, -0.15) is 0 Å². The SMILES string of the molecule is CCOC(CCNC(=NC)NCc1cccc(NC(=O)C(C)CC)c1)C(C)C.I. The van der Waals surface area contributed by atoms with Crippen LogP contribution in [0.25, 0.3) is 0 Å². The number of nitrogens with one attached hydrogen (secondary N) is 3. The molecule has 0 radical (unpaired) electrons. The first kappa shape index (κ1) is 27.6. The lowest BCUT2D eigenvalue weighted by Crippen LogP contribution is -2.38. The molecule has 2 unspecified atom stereocenters. The third-order valence-electron chi connectivity index (χ3n) is 4.78. The van der Waals surface area contributed by atoms with E-state index in [2.05, 4.69) is 34.8 Å². The molecule has 0 saturated heterocycles. The van der Waals surface area contributed by atoms with E-state index in [1.807, 2.05) is 45.0 Å². The Balaban J connectivity index is 0.00000784. The lowest BCUT2D eigenvalue weighted by atomic mass is 10.0. The molecule has 2 atom stereocenters. The van der Waals surface area contributed by atoms with Gasteiger partial charge < -0.3 is 20.7 Å². The summed E-state index contributed by atoms with van der Waals surface area (Å²) in [6, 6.07) is 7.89. The lowest BCUT2D eigenvalue weighted by Gasteiger charge is -2.21. The van der Waals surface area contributed by atoms with Crippen LogP contribution < -0.4 is 16.0 Å². The molecular formula is C22H39IN4O2. The van der Waals surface area contributed by atoms with E-state index in [0.717, 1.165) is 43.2 Å². The summed E-state index contributed by atoms with van der Waals surface area (Å²) in [5, 5.41) is 9.64. The number of nitrogens with zero attached hydrogens (tertiary/aromatic N) is 1. The van der Waals surface area contributed by atoms with Gasteiger partial charge in [0.2, 0.25) is 5.91 Å². The van der Waals surface area contributed by atoms with Gasteiger partial charge in [0.15, 0.2) is 5.96 Å². The molecule has 166 valence electrons. The molecule has 0 heterocycles. The van der Waals surface area contributed by atoms with E-state index in [-0.39, 0.29) is 41.9 Å². The highest BCUT2D eigenvalue weighted by atomic mass is 127. The number of amides is 1. The van der Waals surface area contributed by atoms with Crippen LogP contribution in [0.1, 0.15) is 53.0 Å². The van der Waals surface area contributed by atoms with Crippen molar-refractivity contribution in [3.63, 3.8) is 0 Å². The predicted molar refractivity (Wildman–Crippen MR) is 133 cm³/mol. The van der Waals surface area contributed by atoms with Crippen molar-refractivity contribution in [2.45, 2.75) is 60.1 Å². The minimum Gasteiger partial charge on any atom is -0.378 e. The van der Waals surface area contributed by atoms with Crippen LogP contribution in [-0.4, -0.2) is 38.2 Å². The van der Waals surface area contributed by atoms with Gasteiger partial charge in [-0.05, 0) is 43.4 Å². The molecule has 0 aliphatic carbocycles. The highest BCUT2D eigenvalue weighted by molar-refractivity contribution is 14.0. The van der Waals surface area contributed by atoms with Gasteiger partial charge in [0.1, 0.15) is 0 Å². The van der Waals surface area contributed by atoms with Crippen molar-refractivity contribution >= 4 is 41.5 Å². The number of hydrogen-bond acceptors (Lipinski definition) is 3. The van der Waals surface area contributed by atoms with Crippen molar-refractivity contribution in [1.82, 2.24) is 10.6 Å². The first-order valence-electron chi connectivity index (χ1n) is 10.4. The molecule has 0 aliphatic heterocycles. The summed E-state index contributed by atoms with van der Waals surface area (Å²) in [7, 11) is 1.76. The number of anilines is 1. The van der Waals surface area contributed by atoms with E-state index < -0.39 is 0 Å². The Labute approximate surface area is 193 Å². The topological polar surface area (TPSA) is 74.8 Å². The standard InChI is InChI=1S/C22H38N4O2.HI/c1-7-17(5)21(27)26-19-11-9-10-18(14-19)15-25-22(23-6)24-13-12-20(16(3)4)28-8-2;/h9-11,14,16-17,20H,7-8,12-13,15H2,1-6H3,(H,26,27)(H2,23,24,25);1H. The van der Waals surface area contributed by atoms with Gasteiger partial charge in [0.25, 0.3) is 0 Å². The van der Waals surface area contributed by atoms with E-state index in [9.17, 15) is 4.79 Å². The first-order chi connectivity index (χ1) is 13.4. The second-order valence-corrected chi connectivity index (χ2v) is 7.38. The van der Waals surface area contributed by atoms with Crippen LogP contribution in [-0.2, 0) is 16.1 Å². The summed E-state index contributed by atoms with van der Waals surface area (Å²) in [5.74, 6) is 1.31. The molecule has 7 heteroatoms. The van der Waals surface area contributed by atoms with Crippen LogP contribution >= 0.6 is 24.0 Å². The van der Waals surface area contributed by atoms with E-state index in [1.165, 1.54) is 0 Å². The average Bonchev–Trinajstić information content (AvgIpc) is 2.69. The van der Waals surface area contributed by atoms with Gasteiger partial charge in [-0.25, -0.2) is 0 Å². The smallest absolute Gasteiger partial charge is 0.227 e. The average molecular weight is 518 g/mol. The van der Waals surface area contributed by atoms with E-state index in [4.69, 9.17) is 4.74 Å². The maximum atomic E-state index is 12.1. The Morgan fingerprint density at radius 1 is 1.17 bits per heavy atom. The minimum atomic E-state index is 0. The van der Waals surface area contributed by atoms with Crippen molar-refractivity contribution in [3.05, 3.63) is 29.8 Å². The summed E-state index contributed by atoms with van der Waals surface area (Å²) >= 11 is 0. The normalized spacial score (nSPS) is 13.4. The molecule has 0 bridgehead atoms. The maximum Gasteiger partial charge on any atom is 0.227 e. The van der Waals surface area contributed by atoms with Gasteiger partial charge in [-0.1, -0.05) is 39.8 Å². The number of rotatable bonds is 11. The second kappa shape index (κ2) is 15.5. The largest absolute Gasteiger partial charge is 0.378 e. The van der Waals surface area contributed by atoms with Gasteiger partial charge in [-0.3, -0.25) is 9.79 Å². The van der Waals surface area contributed by atoms with E-state index in [1.54, 1.807) is 7.05 Å². The molecule has 0 aromatic heterocycles. The fraction of sp³-hybridized carbons (Fsp3) is 0.636. The van der Waals surface area contributed by atoms with Gasteiger partial charge in [0, 0.05) is 38.3 Å². The first-order valence-corrected chi connectivity index (χ1v) is 10.4. The number of aliphatic imine (C=N–C) groups is 1. The van der Waals surface area contributed by atoms with Crippen LogP contribution in [0, 0.1) is 11.8 Å². The maximum absolute atomic E-state index is 12.1. The molecule has 1 aromatic rings. The van der Waals surface area contributed by atoms with Gasteiger partial charge in [-0.15, -0.1) is 24.0 Å². The third-order valence-corrected chi connectivity index (χ3v) is 4.78. The van der Waals surface area contributed by atoms with Crippen molar-refractivity contribution in [1.29, 1.82) is 0 Å². The number of halogens is 1. The lowest BCUT2D eigenvalue weighted by molar-refractivity contribution is -0.119. The van der Waals surface area contributed by atoms with Gasteiger partial charge in [0.05, 0.1) is 6.10 Å².